The molecule has 242 valence electrons. The van der Waals surface area contributed by atoms with E-state index in [4.69, 9.17) is 4.74 Å². The zero-order chi connectivity index (χ0) is 33.0. The second-order valence-electron chi connectivity index (χ2n) is 10.9. The predicted octanol–water partition coefficient (Wildman–Crippen LogP) is -1.44. The van der Waals surface area contributed by atoms with Gasteiger partial charge in [-0.1, -0.05) is 24.3 Å². The number of nitrogens with one attached hydrogen (secondary N) is 2. The monoisotopic (exact) mass is 622 g/mol. The van der Waals surface area contributed by atoms with Gasteiger partial charge < -0.3 is 46.0 Å². The average Bonchev–Trinajstić information content (AvgIpc) is 2.96. The molecule has 1 aliphatic heterocycles. The fourth-order valence-corrected chi connectivity index (χ4v) is 5.28. The van der Waals surface area contributed by atoms with Crippen LogP contribution in [-0.2, 0) is 33.3 Å². The molecular formula is C29H39FN4O10. The molecule has 1 heterocycles. The van der Waals surface area contributed by atoms with E-state index in [1.54, 1.807) is 13.8 Å². The Kier molecular flexibility index (Phi) is 10.9. The number of halogens is 1. The number of carbonyl (C=O) groups is 3. The van der Waals surface area contributed by atoms with Gasteiger partial charge in [0.15, 0.2) is 6.29 Å². The van der Waals surface area contributed by atoms with E-state index in [1.807, 2.05) is 0 Å². The number of amides is 1. The molecule has 0 spiro atoms. The highest BCUT2D eigenvalue weighted by atomic mass is 19.1. The van der Waals surface area contributed by atoms with Crippen molar-refractivity contribution < 1.29 is 54.2 Å². The molecule has 0 radical (unpaired) electrons. The van der Waals surface area contributed by atoms with Crippen LogP contribution in [0.5, 0.6) is 0 Å². The first kappa shape index (κ1) is 35.1. The van der Waals surface area contributed by atoms with Gasteiger partial charge in [0, 0.05) is 50.0 Å². The van der Waals surface area contributed by atoms with Crippen LogP contribution in [0.4, 0.5) is 10.1 Å². The standard InChI is InChI=1S/C29H39FN4O10/c1-17-12-34(13-18(2)44-17)29(42,43)22-9-5-7-19(24(22)30)11-32-23-10-6-8-20(15-35)21(23)14-33(4)25(26(37)31-3)28(40,41)27(38,39)16-36/h5-10,15-18,25,32,38-43H,11-14H2,1-4H3,(H,31,37). The van der Waals surface area contributed by atoms with Crippen LogP contribution in [0.1, 0.15) is 40.9 Å². The molecule has 1 amide bonds. The molecule has 0 saturated carbocycles. The maximum absolute atomic E-state index is 15.7. The molecule has 1 fully saturated rings. The lowest BCUT2D eigenvalue weighted by Crippen LogP contribution is -2.69. The Bertz CT molecular complexity index is 1350. The van der Waals surface area contributed by atoms with Crippen molar-refractivity contribution in [3.05, 3.63) is 64.5 Å². The summed E-state index contributed by atoms with van der Waals surface area (Å²) in [7, 11) is 2.37. The molecule has 2 aromatic rings. The van der Waals surface area contributed by atoms with Crippen LogP contribution in [0.3, 0.4) is 0 Å². The van der Waals surface area contributed by atoms with Crippen molar-refractivity contribution in [3.8, 4) is 0 Å². The number of ether oxygens (including phenoxy) is 1. The highest BCUT2D eigenvalue weighted by Crippen LogP contribution is 2.31. The highest BCUT2D eigenvalue weighted by Gasteiger charge is 2.57. The average molecular weight is 623 g/mol. The molecule has 1 aliphatic rings. The van der Waals surface area contributed by atoms with E-state index in [9.17, 15) is 45.0 Å². The number of anilines is 1. The molecular weight excluding hydrogens is 583 g/mol. The summed E-state index contributed by atoms with van der Waals surface area (Å²) in [6, 6.07) is 6.51. The Balaban J connectivity index is 1.92. The second-order valence-corrected chi connectivity index (χ2v) is 10.9. The molecule has 14 nitrogen and oxygen atoms in total. The maximum atomic E-state index is 15.7. The van der Waals surface area contributed by atoms with Crippen molar-refractivity contribution in [2.75, 3.05) is 32.5 Å². The van der Waals surface area contributed by atoms with Crippen LogP contribution in [0.15, 0.2) is 36.4 Å². The lowest BCUT2D eigenvalue weighted by molar-refractivity contribution is -0.346. The van der Waals surface area contributed by atoms with Gasteiger partial charge in [0.25, 0.3) is 17.5 Å². The number of rotatable bonds is 13. The van der Waals surface area contributed by atoms with E-state index in [1.165, 1.54) is 48.3 Å². The summed E-state index contributed by atoms with van der Waals surface area (Å²) < 4.78 is 21.4. The van der Waals surface area contributed by atoms with Crippen molar-refractivity contribution >= 4 is 24.2 Å². The molecule has 1 saturated heterocycles. The Labute approximate surface area is 253 Å². The van der Waals surface area contributed by atoms with E-state index in [2.05, 4.69) is 10.6 Å². The minimum absolute atomic E-state index is 0.0458. The Hall–Kier alpha value is -3.38. The summed E-state index contributed by atoms with van der Waals surface area (Å²) in [5.74, 6) is -12.0. The van der Waals surface area contributed by atoms with Crippen molar-refractivity contribution in [1.82, 2.24) is 15.1 Å². The minimum Gasteiger partial charge on any atom is -0.381 e. The molecule has 3 unspecified atom stereocenters. The maximum Gasteiger partial charge on any atom is 0.278 e. The van der Waals surface area contributed by atoms with Crippen LogP contribution < -0.4 is 10.6 Å². The number of likely N-dealkylation sites (N-methyl/N-ethyl adjacent to an activating group) is 2. The number of hydrogen-bond donors (Lipinski definition) is 8. The third kappa shape index (κ3) is 7.12. The lowest BCUT2D eigenvalue weighted by Gasteiger charge is -2.42. The number of morpholine rings is 1. The molecule has 3 atom stereocenters. The summed E-state index contributed by atoms with van der Waals surface area (Å²) in [5.41, 5.74) is 0.233. The van der Waals surface area contributed by atoms with Crippen LogP contribution in [0, 0.1) is 5.82 Å². The van der Waals surface area contributed by atoms with E-state index < -0.39 is 41.5 Å². The normalized spacial score (nSPS) is 19.0. The SMILES string of the molecule is CNC(=O)C(N(C)Cc1c(C=O)cccc1NCc1cccc(C(O)(O)N2CC(C)OC(C)C2)c1F)C(O)(O)C(O)(O)C=O. The molecule has 44 heavy (non-hydrogen) atoms. The number of carbonyl (C=O) groups excluding carboxylic acids is 3. The van der Waals surface area contributed by atoms with Gasteiger partial charge in [-0.2, -0.15) is 0 Å². The quantitative estimate of drug-likeness (QED) is 0.0951. The van der Waals surface area contributed by atoms with Gasteiger partial charge in [0.2, 0.25) is 5.91 Å². The van der Waals surface area contributed by atoms with Crippen LogP contribution in [0.2, 0.25) is 0 Å². The van der Waals surface area contributed by atoms with Gasteiger partial charge in [0.05, 0.1) is 17.8 Å². The third-order valence-electron chi connectivity index (χ3n) is 7.54. The number of aldehydes is 2. The van der Waals surface area contributed by atoms with Gasteiger partial charge in [-0.15, -0.1) is 0 Å². The van der Waals surface area contributed by atoms with Crippen molar-refractivity contribution in [2.45, 2.75) is 62.7 Å². The topological polar surface area (TPSA) is 212 Å². The number of hydrogen-bond acceptors (Lipinski definition) is 13. The first-order chi connectivity index (χ1) is 20.5. The van der Waals surface area contributed by atoms with E-state index in [-0.39, 0.29) is 66.3 Å². The third-order valence-corrected chi connectivity index (χ3v) is 7.54. The van der Waals surface area contributed by atoms with E-state index in [0.29, 0.717) is 6.29 Å². The molecule has 15 heteroatoms. The van der Waals surface area contributed by atoms with Gasteiger partial charge in [-0.25, -0.2) is 9.29 Å². The summed E-state index contributed by atoms with van der Waals surface area (Å²) in [6.45, 7) is 3.25. The molecule has 3 rings (SSSR count). The number of aliphatic hydroxyl groups is 6. The Morgan fingerprint density at radius 3 is 2.27 bits per heavy atom. The Morgan fingerprint density at radius 2 is 1.70 bits per heavy atom. The zero-order valence-electron chi connectivity index (χ0n) is 24.8. The molecule has 2 aromatic carbocycles. The second kappa shape index (κ2) is 13.7. The summed E-state index contributed by atoms with van der Waals surface area (Å²) in [5, 5.41) is 67.9. The first-order valence-electron chi connectivity index (χ1n) is 13.7. The predicted molar refractivity (Wildman–Crippen MR) is 153 cm³/mol. The van der Waals surface area contributed by atoms with Crippen molar-refractivity contribution in [3.63, 3.8) is 0 Å². The zero-order valence-corrected chi connectivity index (χ0v) is 24.8. The van der Waals surface area contributed by atoms with E-state index in [0.717, 1.165) is 11.9 Å². The summed E-state index contributed by atoms with van der Waals surface area (Å²) in [4.78, 5) is 38.0. The largest absolute Gasteiger partial charge is 0.381 e. The smallest absolute Gasteiger partial charge is 0.278 e. The molecule has 0 aromatic heterocycles. The molecule has 0 aliphatic carbocycles. The first-order valence-corrected chi connectivity index (χ1v) is 13.7. The molecule has 8 N–H and O–H groups in total. The lowest BCUT2D eigenvalue weighted by atomic mass is 9.95. The van der Waals surface area contributed by atoms with Crippen molar-refractivity contribution in [1.29, 1.82) is 0 Å². The van der Waals surface area contributed by atoms with Crippen LogP contribution >= 0.6 is 0 Å². The van der Waals surface area contributed by atoms with Gasteiger partial charge in [-0.3, -0.25) is 19.3 Å². The van der Waals surface area contributed by atoms with Gasteiger partial charge >= 0.3 is 0 Å². The van der Waals surface area contributed by atoms with Gasteiger partial charge in [-0.05, 0) is 38.6 Å². The van der Waals surface area contributed by atoms with Gasteiger partial charge in [0.1, 0.15) is 18.1 Å². The highest BCUT2D eigenvalue weighted by molar-refractivity contribution is 5.84. The summed E-state index contributed by atoms with van der Waals surface area (Å²) >= 11 is 0. The van der Waals surface area contributed by atoms with Crippen LogP contribution in [-0.4, -0.2) is 116 Å². The van der Waals surface area contributed by atoms with E-state index >= 15 is 4.39 Å². The minimum atomic E-state index is -3.74. The number of benzene rings is 2. The summed E-state index contributed by atoms with van der Waals surface area (Å²) in [6.07, 6.45) is -0.679. The fourth-order valence-electron chi connectivity index (χ4n) is 5.28. The fraction of sp³-hybridized carbons (Fsp3) is 0.483. The molecule has 0 bridgehead atoms. The van der Waals surface area contributed by atoms with Crippen LogP contribution in [0.25, 0.3) is 0 Å². The van der Waals surface area contributed by atoms with Crippen molar-refractivity contribution in [2.24, 2.45) is 0 Å². The Morgan fingerprint density at radius 1 is 1.09 bits per heavy atom. The number of nitrogens with zero attached hydrogens (tertiary/aromatic N) is 2.